The zero-order chi connectivity index (χ0) is 19.2. The second kappa shape index (κ2) is 9.16. The summed E-state index contributed by atoms with van der Waals surface area (Å²) in [5.74, 6) is 1.00. The van der Waals surface area contributed by atoms with Crippen LogP contribution in [0.2, 0.25) is 0 Å². The highest BCUT2D eigenvalue weighted by atomic mass is 32.2. The van der Waals surface area contributed by atoms with E-state index in [0.717, 1.165) is 6.54 Å². The van der Waals surface area contributed by atoms with Gasteiger partial charge in [-0.25, -0.2) is 12.7 Å². The van der Waals surface area contributed by atoms with Crippen molar-refractivity contribution in [2.75, 3.05) is 27.7 Å². The maximum absolute atomic E-state index is 12.5. The van der Waals surface area contributed by atoms with E-state index in [9.17, 15) is 8.42 Å². The summed E-state index contributed by atoms with van der Waals surface area (Å²) in [6, 6.07) is 9.12. The molecule has 6 nitrogen and oxygen atoms in total. The number of hydrogen-bond donors (Lipinski definition) is 2. The minimum absolute atomic E-state index is 0.305. The van der Waals surface area contributed by atoms with Crippen molar-refractivity contribution in [2.24, 2.45) is 4.99 Å². The molecule has 0 radical (unpaired) electrons. The van der Waals surface area contributed by atoms with E-state index >= 15 is 0 Å². The first-order valence-corrected chi connectivity index (χ1v) is 10.7. The normalized spacial score (nSPS) is 13.7. The molecule has 1 aromatic carbocycles. The van der Waals surface area contributed by atoms with Gasteiger partial charge in [0.1, 0.15) is 0 Å². The topological polar surface area (TPSA) is 73.8 Å². The van der Waals surface area contributed by atoms with Crippen LogP contribution in [0.5, 0.6) is 0 Å². The minimum atomic E-state index is -3.48. The molecule has 1 heterocycles. The Balaban J connectivity index is 2.01. The van der Waals surface area contributed by atoms with Crippen LogP contribution >= 0.6 is 11.3 Å². The standard InChI is InChI=1S/C18H26N4O2S2/c1-14(16-9-10-25-13-16)11-20-18(19-2)21-12-15-7-5-6-8-17(15)26(23,24)22(3)4/h5-10,13-14H,11-12H2,1-4H3,(H2,19,20,21). The third kappa shape index (κ3) is 5.06. The van der Waals surface area contributed by atoms with Gasteiger partial charge in [0.15, 0.2) is 5.96 Å². The number of nitrogens with zero attached hydrogens (tertiary/aromatic N) is 2. The van der Waals surface area contributed by atoms with E-state index in [1.165, 1.54) is 24.0 Å². The van der Waals surface area contributed by atoms with E-state index in [1.807, 2.05) is 12.1 Å². The minimum Gasteiger partial charge on any atom is -0.356 e. The Kier molecular flexibility index (Phi) is 7.19. The number of nitrogens with one attached hydrogen (secondary N) is 2. The van der Waals surface area contributed by atoms with Crippen molar-refractivity contribution in [1.82, 2.24) is 14.9 Å². The van der Waals surface area contributed by atoms with Crippen LogP contribution in [-0.4, -0.2) is 46.4 Å². The highest BCUT2D eigenvalue weighted by Gasteiger charge is 2.20. The zero-order valence-electron chi connectivity index (χ0n) is 15.6. The molecule has 2 N–H and O–H groups in total. The lowest BCUT2D eigenvalue weighted by atomic mass is 10.1. The number of benzene rings is 1. The Morgan fingerprint density at radius 3 is 2.58 bits per heavy atom. The molecule has 0 fully saturated rings. The number of hydrogen-bond acceptors (Lipinski definition) is 4. The van der Waals surface area contributed by atoms with Crippen LogP contribution in [0.1, 0.15) is 24.0 Å². The Morgan fingerprint density at radius 1 is 1.23 bits per heavy atom. The van der Waals surface area contributed by atoms with Crippen molar-refractivity contribution >= 4 is 27.3 Å². The summed E-state index contributed by atoms with van der Waals surface area (Å²) in [5, 5.41) is 10.7. The van der Waals surface area contributed by atoms with Crippen molar-refractivity contribution in [1.29, 1.82) is 0 Å². The third-order valence-corrected chi connectivity index (χ3v) is 6.71. The van der Waals surface area contributed by atoms with Crippen LogP contribution in [-0.2, 0) is 16.6 Å². The highest BCUT2D eigenvalue weighted by Crippen LogP contribution is 2.19. The first kappa shape index (κ1) is 20.4. The van der Waals surface area contributed by atoms with Gasteiger partial charge in [0, 0.05) is 34.2 Å². The van der Waals surface area contributed by atoms with Gasteiger partial charge in [0.05, 0.1) is 4.90 Å². The van der Waals surface area contributed by atoms with E-state index in [1.54, 1.807) is 30.5 Å². The number of rotatable bonds is 7. The van der Waals surface area contributed by atoms with Gasteiger partial charge in [0.25, 0.3) is 0 Å². The quantitative estimate of drug-likeness (QED) is 0.559. The molecule has 0 aliphatic rings. The summed E-state index contributed by atoms with van der Waals surface area (Å²) in [6.07, 6.45) is 0. The molecule has 26 heavy (non-hydrogen) atoms. The molecule has 2 aromatic rings. The summed E-state index contributed by atoms with van der Waals surface area (Å²) in [7, 11) is 1.29. The fourth-order valence-electron chi connectivity index (χ4n) is 2.42. The average molecular weight is 395 g/mol. The average Bonchev–Trinajstić information content (AvgIpc) is 3.16. The molecule has 1 aromatic heterocycles. The van der Waals surface area contributed by atoms with E-state index in [0.29, 0.717) is 28.9 Å². The molecule has 0 bridgehead atoms. The molecule has 1 unspecified atom stereocenters. The third-order valence-electron chi connectivity index (χ3n) is 4.09. The molecule has 0 amide bonds. The SMILES string of the molecule is CN=C(NCc1ccccc1S(=O)(=O)N(C)C)NCC(C)c1ccsc1. The number of guanidine groups is 1. The van der Waals surface area contributed by atoms with E-state index in [2.05, 4.69) is 39.4 Å². The van der Waals surface area contributed by atoms with Gasteiger partial charge < -0.3 is 10.6 Å². The molecule has 142 valence electrons. The van der Waals surface area contributed by atoms with Crippen molar-refractivity contribution in [3.8, 4) is 0 Å². The van der Waals surface area contributed by atoms with Crippen molar-refractivity contribution in [3.63, 3.8) is 0 Å². The number of aliphatic imine (C=N–C) groups is 1. The lowest BCUT2D eigenvalue weighted by molar-refractivity contribution is 0.519. The van der Waals surface area contributed by atoms with Crippen LogP contribution in [0, 0.1) is 0 Å². The maximum Gasteiger partial charge on any atom is 0.242 e. The summed E-state index contributed by atoms with van der Waals surface area (Å²) in [4.78, 5) is 4.53. The maximum atomic E-state index is 12.5. The molecule has 0 aliphatic heterocycles. The summed E-state index contributed by atoms with van der Waals surface area (Å²) in [6.45, 7) is 3.27. The van der Waals surface area contributed by atoms with Gasteiger partial charge in [0.2, 0.25) is 10.0 Å². The van der Waals surface area contributed by atoms with Crippen LogP contribution in [0.4, 0.5) is 0 Å². The fourth-order valence-corrected chi connectivity index (χ4v) is 4.32. The molecule has 0 saturated carbocycles. The van der Waals surface area contributed by atoms with Gasteiger partial charge in [-0.2, -0.15) is 11.3 Å². The smallest absolute Gasteiger partial charge is 0.242 e. The van der Waals surface area contributed by atoms with Gasteiger partial charge in [-0.1, -0.05) is 25.1 Å². The Morgan fingerprint density at radius 2 is 1.96 bits per heavy atom. The predicted octanol–water partition coefficient (Wildman–Crippen LogP) is 2.47. The Hall–Kier alpha value is -1.90. The van der Waals surface area contributed by atoms with Crippen molar-refractivity contribution in [3.05, 3.63) is 52.2 Å². The lowest BCUT2D eigenvalue weighted by Gasteiger charge is -2.18. The lowest BCUT2D eigenvalue weighted by Crippen LogP contribution is -2.39. The first-order chi connectivity index (χ1) is 12.4. The monoisotopic (exact) mass is 394 g/mol. The molecule has 8 heteroatoms. The molecule has 0 saturated heterocycles. The molecular weight excluding hydrogens is 368 g/mol. The fraction of sp³-hybridized carbons (Fsp3) is 0.389. The first-order valence-electron chi connectivity index (χ1n) is 8.33. The van der Waals surface area contributed by atoms with E-state index < -0.39 is 10.0 Å². The van der Waals surface area contributed by atoms with Gasteiger partial charge >= 0.3 is 0 Å². The Labute approximate surface area is 160 Å². The molecule has 1 atom stereocenters. The number of sulfonamides is 1. The van der Waals surface area contributed by atoms with Crippen molar-refractivity contribution < 1.29 is 8.42 Å². The summed E-state index contributed by atoms with van der Waals surface area (Å²) in [5.41, 5.74) is 2.00. The van der Waals surface area contributed by atoms with Crippen molar-refractivity contribution in [2.45, 2.75) is 24.3 Å². The number of thiophene rings is 1. The Bertz CT molecular complexity index is 831. The van der Waals surface area contributed by atoms with Crippen LogP contribution in [0.25, 0.3) is 0 Å². The van der Waals surface area contributed by atoms with Crippen LogP contribution < -0.4 is 10.6 Å². The van der Waals surface area contributed by atoms with Gasteiger partial charge in [-0.15, -0.1) is 0 Å². The summed E-state index contributed by atoms with van der Waals surface area (Å²) >= 11 is 1.69. The second-order valence-electron chi connectivity index (χ2n) is 6.16. The molecular formula is C18H26N4O2S2. The second-order valence-corrected chi connectivity index (χ2v) is 9.06. The molecule has 2 rings (SSSR count). The zero-order valence-corrected chi connectivity index (χ0v) is 17.2. The summed E-state index contributed by atoms with van der Waals surface area (Å²) < 4.78 is 26.2. The largest absolute Gasteiger partial charge is 0.356 e. The van der Waals surface area contributed by atoms with Crippen LogP contribution in [0.15, 0.2) is 51.0 Å². The molecule has 0 spiro atoms. The van der Waals surface area contributed by atoms with Gasteiger partial charge in [-0.05, 0) is 39.9 Å². The van der Waals surface area contributed by atoms with E-state index in [4.69, 9.17) is 0 Å². The van der Waals surface area contributed by atoms with Crippen LogP contribution in [0.3, 0.4) is 0 Å². The highest BCUT2D eigenvalue weighted by molar-refractivity contribution is 7.89. The van der Waals surface area contributed by atoms with E-state index in [-0.39, 0.29) is 0 Å². The molecule has 0 aliphatic carbocycles. The van der Waals surface area contributed by atoms with Gasteiger partial charge in [-0.3, -0.25) is 4.99 Å². The predicted molar refractivity (Wildman–Crippen MR) is 108 cm³/mol.